The summed E-state index contributed by atoms with van der Waals surface area (Å²) in [7, 11) is 3.79. The highest BCUT2D eigenvalue weighted by Crippen LogP contribution is 2.32. The van der Waals surface area contributed by atoms with E-state index in [4.69, 9.17) is 28.3 Å². The van der Waals surface area contributed by atoms with Crippen molar-refractivity contribution in [2.75, 3.05) is 39.3 Å². The number of carbonyl (C=O) groups is 2. The van der Waals surface area contributed by atoms with Gasteiger partial charge >= 0.3 is 12.2 Å². The number of halogens is 1. The molecule has 21 nitrogen and oxygen atoms in total. The quantitative estimate of drug-likeness (QED) is 0.129. The molecule has 22 heteroatoms. The van der Waals surface area contributed by atoms with Gasteiger partial charge in [-0.3, -0.25) is 9.36 Å². The zero-order chi connectivity index (χ0) is 54.4. The molecule has 3 aliphatic rings. The molecule has 0 spiro atoms. The summed E-state index contributed by atoms with van der Waals surface area (Å²) in [6.45, 7) is 15.0. The summed E-state index contributed by atoms with van der Waals surface area (Å²) in [5.41, 5.74) is 5.91. The second-order valence-corrected chi connectivity index (χ2v) is 22.1. The van der Waals surface area contributed by atoms with Gasteiger partial charge in [0.05, 0.1) is 12.4 Å². The Morgan fingerprint density at radius 3 is 1.23 bits per heavy atom. The van der Waals surface area contributed by atoms with Crippen molar-refractivity contribution < 1.29 is 32.6 Å². The number of aryl methyl sites for hydroxylation is 2. The summed E-state index contributed by atoms with van der Waals surface area (Å²) in [4.78, 5) is 43.1. The summed E-state index contributed by atoms with van der Waals surface area (Å²) in [5.74, 6) is 3.72. The Balaban J connectivity index is 0.000000142. The number of nitriles is 1. The summed E-state index contributed by atoms with van der Waals surface area (Å²) in [5, 5.41) is 29.7. The predicted molar refractivity (Wildman–Crippen MR) is 286 cm³/mol. The SMILES string of the molecule is CC(C)(C)OC(=O)N1CCC(c2noc(-c3ccc(Br)cc3)n2)C1.Cn1cc(-c2ccc(-c3nc(C4CCN(C#N)C4)no3)cc2)cn1.Cn1cc(-c2ccc(-c3nc(C4CCN(C(=O)OC(C)(C)C)C4)no3)cc2)cn1. The number of hydrogen-bond acceptors (Lipinski definition) is 17. The van der Waals surface area contributed by atoms with Crippen LogP contribution in [0.4, 0.5) is 9.59 Å². The van der Waals surface area contributed by atoms with Crippen LogP contribution in [0.25, 0.3) is 56.6 Å². The summed E-state index contributed by atoms with van der Waals surface area (Å²) < 4.78 is 31.6. The number of nitrogens with zero attached hydrogens (tertiary/aromatic N) is 14. The Bertz CT molecular complexity index is 3310. The number of likely N-dealkylation sites (tertiary alicyclic amines) is 3. The van der Waals surface area contributed by atoms with Gasteiger partial charge in [0.25, 0.3) is 17.7 Å². The molecule has 3 fully saturated rings. The van der Waals surface area contributed by atoms with E-state index >= 15 is 0 Å². The summed E-state index contributed by atoms with van der Waals surface area (Å²) >= 11 is 3.40. The second-order valence-electron chi connectivity index (χ2n) is 21.2. The highest BCUT2D eigenvalue weighted by atomic mass is 79.9. The zero-order valence-electron chi connectivity index (χ0n) is 44.3. The maximum absolute atomic E-state index is 12.2. The number of benzene rings is 3. The van der Waals surface area contributed by atoms with Gasteiger partial charge in [0.2, 0.25) is 0 Å². The van der Waals surface area contributed by atoms with Gasteiger partial charge in [0.1, 0.15) is 11.2 Å². The smallest absolute Gasteiger partial charge is 0.410 e. The van der Waals surface area contributed by atoms with Crippen LogP contribution in [0.2, 0.25) is 0 Å². The van der Waals surface area contributed by atoms with Gasteiger partial charge in [-0.25, -0.2) is 9.59 Å². The van der Waals surface area contributed by atoms with Gasteiger partial charge < -0.3 is 37.7 Å². The van der Waals surface area contributed by atoms with E-state index in [-0.39, 0.29) is 29.9 Å². The molecule has 11 rings (SSSR count). The molecule has 0 saturated carbocycles. The highest BCUT2D eigenvalue weighted by Gasteiger charge is 2.35. The van der Waals surface area contributed by atoms with Crippen molar-refractivity contribution in [3.8, 4) is 62.8 Å². The minimum absolute atomic E-state index is 0.0506. The molecule has 8 heterocycles. The van der Waals surface area contributed by atoms with Crippen molar-refractivity contribution >= 4 is 28.1 Å². The van der Waals surface area contributed by atoms with Gasteiger partial charge in [-0.1, -0.05) is 55.7 Å². The molecule has 0 N–H and O–H groups in total. The standard InChI is InChI=1S/C21H25N5O3.C17H20BrN3O3.C17H16N6O/c1-21(2,3)28-20(27)26-10-9-16(13-26)18-23-19(29-24-18)15-7-5-14(6-8-15)17-11-22-25(4)12-17;1-17(2,3)23-16(22)21-9-8-12(10-21)14-19-15(24-20-14)11-4-6-13(18)7-5-11;1-22-9-15(8-19-22)12-2-4-13(5-3-12)17-20-16(21-24-17)14-6-7-23(10-14)11-18/h5-8,11-12,16H,9-10,13H2,1-4H3;4-7,12H,8-10H2,1-3H3;2-5,8-9,14H,6-7,10H2,1H3. The van der Waals surface area contributed by atoms with Crippen LogP contribution in [-0.4, -0.2) is 127 Å². The van der Waals surface area contributed by atoms with Crippen molar-refractivity contribution in [2.24, 2.45) is 14.1 Å². The van der Waals surface area contributed by atoms with E-state index in [1.807, 2.05) is 153 Å². The number of rotatable bonds is 8. The molecule has 400 valence electrons. The van der Waals surface area contributed by atoms with Crippen LogP contribution in [0.3, 0.4) is 0 Å². The van der Waals surface area contributed by atoms with Gasteiger partial charge in [-0.05, 0) is 120 Å². The van der Waals surface area contributed by atoms with E-state index in [9.17, 15) is 9.59 Å². The third-order valence-corrected chi connectivity index (χ3v) is 13.4. The van der Waals surface area contributed by atoms with Gasteiger partial charge in [-0.2, -0.15) is 30.4 Å². The normalized spacial score (nSPS) is 17.4. The molecule has 5 aromatic heterocycles. The molecule has 2 amide bonds. The number of aromatic nitrogens is 10. The number of ether oxygens (including phenoxy) is 2. The van der Waals surface area contributed by atoms with Crippen molar-refractivity contribution in [1.82, 2.24) is 64.7 Å². The van der Waals surface area contributed by atoms with Gasteiger partial charge in [0, 0.05) is 116 Å². The largest absolute Gasteiger partial charge is 0.444 e. The van der Waals surface area contributed by atoms with Crippen LogP contribution in [0.15, 0.2) is 116 Å². The lowest BCUT2D eigenvalue weighted by Gasteiger charge is -2.24. The van der Waals surface area contributed by atoms with E-state index in [0.717, 1.165) is 69.2 Å². The maximum Gasteiger partial charge on any atom is 0.410 e. The second kappa shape index (κ2) is 23.0. The fourth-order valence-corrected chi connectivity index (χ4v) is 9.15. The molecular formula is C55H61BrN14O7. The minimum Gasteiger partial charge on any atom is -0.444 e. The molecule has 0 radical (unpaired) electrons. The molecule has 0 aliphatic carbocycles. The predicted octanol–water partition coefficient (Wildman–Crippen LogP) is 10.5. The minimum atomic E-state index is -0.504. The Hall–Kier alpha value is -8.19. The van der Waals surface area contributed by atoms with Crippen molar-refractivity contribution in [3.05, 3.63) is 120 Å². The van der Waals surface area contributed by atoms with E-state index in [1.165, 1.54) is 0 Å². The van der Waals surface area contributed by atoms with E-state index in [1.54, 1.807) is 24.1 Å². The number of amides is 2. The maximum atomic E-state index is 12.2. The van der Waals surface area contributed by atoms with Crippen LogP contribution in [-0.2, 0) is 23.6 Å². The molecule has 3 aromatic carbocycles. The van der Waals surface area contributed by atoms with Crippen molar-refractivity contribution in [2.45, 2.75) is 89.8 Å². The Morgan fingerprint density at radius 2 is 0.896 bits per heavy atom. The van der Waals surface area contributed by atoms with E-state index < -0.39 is 11.2 Å². The lowest BCUT2D eigenvalue weighted by Crippen LogP contribution is -2.35. The average molecular weight is 1110 g/mol. The monoisotopic (exact) mass is 1110 g/mol. The molecule has 0 bridgehead atoms. The molecular weight excluding hydrogens is 1050 g/mol. The fraction of sp³-hybridized carbons (Fsp3) is 0.400. The summed E-state index contributed by atoms with van der Waals surface area (Å²) in [6.07, 6.45) is 11.7. The molecule has 77 heavy (non-hydrogen) atoms. The topological polar surface area (TPSA) is 239 Å². The van der Waals surface area contributed by atoms with Crippen LogP contribution in [0, 0.1) is 11.5 Å². The average Bonchev–Trinajstić information content (AvgIpc) is 4.25. The first-order valence-electron chi connectivity index (χ1n) is 25.4. The first-order valence-corrected chi connectivity index (χ1v) is 26.2. The van der Waals surface area contributed by atoms with E-state index in [2.05, 4.69) is 62.7 Å². The highest BCUT2D eigenvalue weighted by molar-refractivity contribution is 9.10. The van der Waals surface area contributed by atoms with Crippen LogP contribution in [0.1, 0.15) is 96.0 Å². The van der Waals surface area contributed by atoms with Gasteiger partial charge in [-0.15, -0.1) is 0 Å². The van der Waals surface area contributed by atoms with Crippen LogP contribution < -0.4 is 0 Å². The van der Waals surface area contributed by atoms with Crippen LogP contribution >= 0.6 is 15.9 Å². The van der Waals surface area contributed by atoms with Crippen LogP contribution in [0.5, 0.6) is 0 Å². The third kappa shape index (κ3) is 13.8. The zero-order valence-corrected chi connectivity index (χ0v) is 45.9. The third-order valence-electron chi connectivity index (χ3n) is 12.9. The fourth-order valence-electron chi connectivity index (χ4n) is 8.89. The Kier molecular flexibility index (Phi) is 16.0. The molecule has 3 saturated heterocycles. The number of carbonyl (C=O) groups excluding carboxylic acids is 2. The summed E-state index contributed by atoms with van der Waals surface area (Å²) in [6, 6.07) is 23.6. The lowest BCUT2D eigenvalue weighted by atomic mass is 10.1. The van der Waals surface area contributed by atoms with Gasteiger partial charge in [0.15, 0.2) is 23.7 Å². The molecule has 3 aliphatic heterocycles. The van der Waals surface area contributed by atoms with Crippen molar-refractivity contribution in [1.29, 1.82) is 5.26 Å². The Morgan fingerprint density at radius 1 is 0.545 bits per heavy atom. The van der Waals surface area contributed by atoms with E-state index in [0.29, 0.717) is 67.9 Å². The first kappa shape index (κ1) is 53.6. The number of hydrogen-bond donors (Lipinski definition) is 0. The Labute approximate surface area is 454 Å². The van der Waals surface area contributed by atoms with Crippen molar-refractivity contribution in [3.63, 3.8) is 0 Å². The molecule has 3 unspecified atom stereocenters. The first-order chi connectivity index (χ1) is 36.8. The molecule has 8 aromatic rings. The lowest BCUT2D eigenvalue weighted by molar-refractivity contribution is 0.0281. The molecule has 3 atom stereocenters.